The standard InChI is InChI=1S/C12H24N2O2/c1-10(15)5-6-11(16)13-9-12(14(2)3)7-4-8-12/h10,15H,4-9H2,1-3H3,(H,13,16). The molecule has 0 bridgehead atoms. The highest BCUT2D eigenvalue weighted by Gasteiger charge is 2.38. The minimum atomic E-state index is -0.391. The molecule has 1 aliphatic carbocycles. The summed E-state index contributed by atoms with van der Waals surface area (Å²) in [6.07, 6.45) is 4.15. The quantitative estimate of drug-likeness (QED) is 0.705. The molecule has 0 radical (unpaired) electrons. The van der Waals surface area contributed by atoms with Crippen molar-refractivity contribution in [3.05, 3.63) is 0 Å². The van der Waals surface area contributed by atoms with Gasteiger partial charge in [0.25, 0.3) is 0 Å². The zero-order valence-electron chi connectivity index (χ0n) is 10.6. The lowest BCUT2D eigenvalue weighted by Gasteiger charge is -2.47. The number of aliphatic hydroxyl groups excluding tert-OH is 1. The fourth-order valence-corrected chi connectivity index (χ4v) is 2.06. The lowest BCUT2D eigenvalue weighted by atomic mass is 9.75. The Balaban J connectivity index is 2.25. The molecule has 2 N–H and O–H groups in total. The molecule has 0 aromatic carbocycles. The normalized spacial score (nSPS) is 20.3. The van der Waals surface area contributed by atoms with Crippen molar-refractivity contribution in [2.24, 2.45) is 0 Å². The first-order valence-corrected chi connectivity index (χ1v) is 6.08. The molecule has 4 heteroatoms. The average Bonchev–Trinajstić information content (AvgIpc) is 2.12. The smallest absolute Gasteiger partial charge is 0.220 e. The molecule has 1 atom stereocenters. The maximum atomic E-state index is 11.5. The minimum Gasteiger partial charge on any atom is -0.393 e. The van der Waals surface area contributed by atoms with Crippen molar-refractivity contribution in [2.45, 2.75) is 50.7 Å². The molecule has 1 rings (SSSR count). The van der Waals surface area contributed by atoms with Gasteiger partial charge in [-0.1, -0.05) is 0 Å². The predicted octanol–water partition coefficient (Wildman–Crippen LogP) is 0.748. The van der Waals surface area contributed by atoms with E-state index in [9.17, 15) is 4.79 Å². The van der Waals surface area contributed by atoms with Crippen LogP contribution in [0.2, 0.25) is 0 Å². The Labute approximate surface area is 98.0 Å². The summed E-state index contributed by atoms with van der Waals surface area (Å²) in [6, 6.07) is 0. The third-order valence-corrected chi connectivity index (χ3v) is 3.64. The van der Waals surface area contributed by atoms with Crippen LogP contribution in [0.1, 0.15) is 39.0 Å². The van der Waals surface area contributed by atoms with Crippen LogP contribution < -0.4 is 5.32 Å². The van der Waals surface area contributed by atoms with Crippen LogP contribution in [-0.4, -0.2) is 48.2 Å². The number of rotatable bonds is 6. The van der Waals surface area contributed by atoms with Gasteiger partial charge >= 0.3 is 0 Å². The topological polar surface area (TPSA) is 52.6 Å². The highest BCUT2D eigenvalue weighted by Crippen LogP contribution is 2.35. The number of aliphatic hydroxyl groups is 1. The van der Waals surface area contributed by atoms with E-state index in [4.69, 9.17) is 5.11 Å². The molecule has 16 heavy (non-hydrogen) atoms. The largest absolute Gasteiger partial charge is 0.393 e. The molecule has 0 spiro atoms. The first-order chi connectivity index (χ1) is 7.46. The van der Waals surface area contributed by atoms with Gasteiger partial charge in [-0.2, -0.15) is 0 Å². The van der Waals surface area contributed by atoms with Gasteiger partial charge in [0.1, 0.15) is 0 Å². The predicted molar refractivity (Wildman–Crippen MR) is 64.2 cm³/mol. The summed E-state index contributed by atoms with van der Waals surface area (Å²) in [7, 11) is 4.14. The Kier molecular flexibility index (Phi) is 4.74. The summed E-state index contributed by atoms with van der Waals surface area (Å²) < 4.78 is 0. The molecular weight excluding hydrogens is 204 g/mol. The molecule has 0 saturated heterocycles. The number of nitrogens with one attached hydrogen (secondary N) is 1. The molecule has 4 nitrogen and oxygen atoms in total. The Morgan fingerprint density at radius 2 is 2.12 bits per heavy atom. The number of hydrogen-bond donors (Lipinski definition) is 2. The zero-order valence-corrected chi connectivity index (χ0v) is 10.6. The molecule has 1 aliphatic rings. The maximum absolute atomic E-state index is 11.5. The van der Waals surface area contributed by atoms with Gasteiger partial charge in [0, 0.05) is 18.5 Å². The molecule has 0 aliphatic heterocycles. The van der Waals surface area contributed by atoms with E-state index >= 15 is 0 Å². The molecule has 1 saturated carbocycles. The Morgan fingerprint density at radius 3 is 2.50 bits per heavy atom. The van der Waals surface area contributed by atoms with E-state index in [1.54, 1.807) is 6.92 Å². The van der Waals surface area contributed by atoms with Crippen LogP contribution >= 0.6 is 0 Å². The first-order valence-electron chi connectivity index (χ1n) is 6.08. The van der Waals surface area contributed by atoms with E-state index in [2.05, 4.69) is 24.3 Å². The van der Waals surface area contributed by atoms with Gasteiger partial charge < -0.3 is 15.3 Å². The summed E-state index contributed by atoms with van der Waals surface area (Å²) in [5.41, 5.74) is 0.181. The lowest BCUT2D eigenvalue weighted by Crippen LogP contribution is -2.57. The lowest BCUT2D eigenvalue weighted by molar-refractivity contribution is -0.122. The molecule has 0 heterocycles. The Morgan fingerprint density at radius 1 is 1.50 bits per heavy atom. The van der Waals surface area contributed by atoms with Crippen molar-refractivity contribution in [3.8, 4) is 0 Å². The SMILES string of the molecule is CC(O)CCC(=O)NCC1(N(C)C)CCC1. The molecular formula is C12H24N2O2. The number of carbonyl (C=O) groups excluding carboxylic acids is 1. The summed E-state index contributed by atoms with van der Waals surface area (Å²) in [5, 5.41) is 12.1. The van der Waals surface area contributed by atoms with Gasteiger partial charge in [0.15, 0.2) is 0 Å². The van der Waals surface area contributed by atoms with E-state index < -0.39 is 6.10 Å². The maximum Gasteiger partial charge on any atom is 0.220 e. The number of nitrogens with zero attached hydrogens (tertiary/aromatic N) is 1. The van der Waals surface area contributed by atoms with Crippen molar-refractivity contribution in [3.63, 3.8) is 0 Å². The van der Waals surface area contributed by atoms with Crippen LogP contribution in [0, 0.1) is 0 Å². The van der Waals surface area contributed by atoms with Crippen LogP contribution in [0.3, 0.4) is 0 Å². The second-order valence-electron chi connectivity index (χ2n) is 5.14. The van der Waals surface area contributed by atoms with Crippen LogP contribution in [0.5, 0.6) is 0 Å². The van der Waals surface area contributed by atoms with E-state index in [-0.39, 0.29) is 11.4 Å². The van der Waals surface area contributed by atoms with Crippen LogP contribution in [0.15, 0.2) is 0 Å². The summed E-state index contributed by atoms with van der Waals surface area (Å²) in [5.74, 6) is 0.0500. The van der Waals surface area contributed by atoms with E-state index in [0.29, 0.717) is 12.8 Å². The minimum absolute atomic E-state index is 0.0500. The van der Waals surface area contributed by atoms with E-state index in [0.717, 1.165) is 19.4 Å². The third-order valence-electron chi connectivity index (χ3n) is 3.64. The highest BCUT2D eigenvalue weighted by molar-refractivity contribution is 5.76. The van der Waals surface area contributed by atoms with Gasteiger partial charge in [-0.3, -0.25) is 4.79 Å². The molecule has 0 aromatic rings. The molecule has 1 unspecified atom stereocenters. The number of amides is 1. The van der Waals surface area contributed by atoms with Crippen molar-refractivity contribution in [1.82, 2.24) is 10.2 Å². The summed E-state index contributed by atoms with van der Waals surface area (Å²) >= 11 is 0. The van der Waals surface area contributed by atoms with Crippen molar-refractivity contribution < 1.29 is 9.90 Å². The second-order valence-corrected chi connectivity index (χ2v) is 5.14. The second kappa shape index (κ2) is 5.64. The van der Waals surface area contributed by atoms with E-state index in [1.807, 2.05) is 0 Å². The van der Waals surface area contributed by atoms with Crippen LogP contribution in [0.4, 0.5) is 0 Å². The molecule has 0 aromatic heterocycles. The third kappa shape index (κ3) is 3.46. The zero-order chi connectivity index (χ0) is 12.2. The summed E-state index contributed by atoms with van der Waals surface area (Å²) in [6.45, 7) is 2.44. The Bertz CT molecular complexity index is 235. The fraction of sp³-hybridized carbons (Fsp3) is 0.917. The molecule has 1 fully saturated rings. The van der Waals surface area contributed by atoms with Crippen LogP contribution in [-0.2, 0) is 4.79 Å². The van der Waals surface area contributed by atoms with Crippen LogP contribution in [0.25, 0.3) is 0 Å². The monoisotopic (exact) mass is 228 g/mol. The molecule has 94 valence electrons. The molecule has 1 amide bonds. The van der Waals surface area contributed by atoms with E-state index in [1.165, 1.54) is 6.42 Å². The van der Waals surface area contributed by atoms with Crippen molar-refractivity contribution in [2.75, 3.05) is 20.6 Å². The average molecular weight is 228 g/mol. The first kappa shape index (κ1) is 13.5. The van der Waals surface area contributed by atoms with Gasteiger partial charge in [-0.15, -0.1) is 0 Å². The number of hydrogen-bond acceptors (Lipinski definition) is 3. The van der Waals surface area contributed by atoms with Gasteiger partial charge in [0.05, 0.1) is 6.10 Å². The van der Waals surface area contributed by atoms with Gasteiger partial charge in [0.2, 0.25) is 5.91 Å². The highest BCUT2D eigenvalue weighted by atomic mass is 16.3. The van der Waals surface area contributed by atoms with Crippen molar-refractivity contribution >= 4 is 5.91 Å². The summed E-state index contributed by atoms with van der Waals surface area (Å²) in [4.78, 5) is 13.7. The van der Waals surface area contributed by atoms with Gasteiger partial charge in [-0.05, 0) is 46.7 Å². The van der Waals surface area contributed by atoms with Gasteiger partial charge in [-0.25, -0.2) is 0 Å². The van der Waals surface area contributed by atoms with Crippen molar-refractivity contribution in [1.29, 1.82) is 0 Å². The Hall–Kier alpha value is -0.610. The fourth-order valence-electron chi connectivity index (χ4n) is 2.06. The number of likely N-dealkylation sites (N-methyl/N-ethyl adjacent to an activating group) is 1. The number of carbonyl (C=O) groups is 1.